The van der Waals surface area contributed by atoms with Crippen LogP contribution < -0.4 is 5.32 Å². The minimum Gasteiger partial charge on any atom is -0.314 e. The highest BCUT2D eigenvalue weighted by atomic mass is 19.3. The largest absolute Gasteiger partial charge is 0.314 e. The van der Waals surface area contributed by atoms with Gasteiger partial charge in [0, 0.05) is 18.0 Å². The van der Waals surface area contributed by atoms with E-state index in [0.717, 1.165) is 25.8 Å². The third-order valence-electron chi connectivity index (χ3n) is 3.11. The minimum atomic E-state index is -2.71. The van der Waals surface area contributed by atoms with Gasteiger partial charge in [0.05, 0.1) is 0 Å². The molecule has 1 heterocycles. The Morgan fingerprint density at radius 3 is 2.56 bits per heavy atom. The van der Waals surface area contributed by atoms with E-state index in [2.05, 4.69) is 5.32 Å². The van der Waals surface area contributed by atoms with Gasteiger partial charge in [-0.3, -0.25) is 0 Å². The van der Waals surface area contributed by atoms with Crippen molar-refractivity contribution >= 4 is 0 Å². The van der Waals surface area contributed by atoms with Gasteiger partial charge in [-0.15, -0.1) is 0 Å². The lowest BCUT2D eigenvalue weighted by Crippen LogP contribution is -2.37. The third kappa shape index (κ3) is 2.79. The fourth-order valence-electron chi connectivity index (χ4n) is 2.21. The lowest BCUT2D eigenvalue weighted by Gasteiger charge is -2.27. The molecule has 88 valence electrons. The first-order valence-corrected chi connectivity index (χ1v) is 5.85. The molecule has 0 aromatic heterocycles. The summed E-state index contributed by atoms with van der Waals surface area (Å²) >= 11 is 0. The van der Waals surface area contributed by atoms with E-state index in [1.54, 1.807) is 18.2 Å². The molecule has 3 heteroatoms. The molecular weight excluding hydrogens is 208 g/mol. The lowest BCUT2D eigenvalue weighted by atomic mass is 9.95. The predicted octanol–water partition coefficient (Wildman–Crippen LogP) is 3.31. The third-order valence-corrected chi connectivity index (χ3v) is 3.11. The summed E-state index contributed by atoms with van der Waals surface area (Å²) in [5, 5.41) is 3.16. The lowest BCUT2D eigenvalue weighted by molar-refractivity contribution is -0.0253. The van der Waals surface area contributed by atoms with Gasteiger partial charge in [-0.05, 0) is 19.4 Å². The first-order chi connectivity index (χ1) is 7.68. The van der Waals surface area contributed by atoms with Crippen LogP contribution >= 0.6 is 0 Å². The van der Waals surface area contributed by atoms with Crippen LogP contribution in [-0.4, -0.2) is 12.6 Å². The van der Waals surface area contributed by atoms with Crippen molar-refractivity contribution in [1.29, 1.82) is 0 Å². The number of halogens is 2. The van der Waals surface area contributed by atoms with Gasteiger partial charge in [-0.1, -0.05) is 36.8 Å². The number of benzene rings is 1. The molecule has 1 N–H and O–H groups in total. The average Bonchev–Trinajstić information content (AvgIpc) is 2.31. The molecule has 1 aromatic carbocycles. The summed E-state index contributed by atoms with van der Waals surface area (Å²) < 4.78 is 27.8. The average molecular weight is 225 g/mol. The summed E-state index contributed by atoms with van der Waals surface area (Å²) in [6.45, 7) is 0.871. The van der Waals surface area contributed by atoms with Crippen molar-refractivity contribution < 1.29 is 8.78 Å². The normalized spacial score (nSPS) is 22.0. The van der Waals surface area contributed by atoms with Gasteiger partial charge in [0.2, 0.25) is 0 Å². The van der Waals surface area contributed by atoms with E-state index < -0.39 is 5.92 Å². The van der Waals surface area contributed by atoms with Crippen molar-refractivity contribution in [2.75, 3.05) is 6.54 Å². The van der Waals surface area contributed by atoms with E-state index in [1.165, 1.54) is 12.1 Å². The van der Waals surface area contributed by atoms with Gasteiger partial charge in [-0.25, -0.2) is 8.78 Å². The van der Waals surface area contributed by atoms with Crippen molar-refractivity contribution in [2.45, 2.75) is 37.6 Å². The monoisotopic (exact) mass is 225 g/mol. The minimum absolute atomic E-state index is 0.0380. The molecule has 0 saturated carbocycles. The van der Waals surface area contributed by atoms with Gasteiger partial charge < -0.3 is 5.32 Å². The second-order valence-electron chi connectivity index (χ2n) is 4.42. The Kier molecular flexibility index (Phi) is 3.54. The molecule has 0 radical (unpaired) electrons. The summed E-state index contributed by atoms with van der Waals surface area (Å²) in [5.74, 6) is -2.71. The molecule has 1 fully saturated rings. The highest BCUT2D eigenvalue weighted by molar-refractivity contribution is 5.20. The van der Waals surface area contributed by atoms with Gasteiger partial charge in [0.1, 0.15) is 0 Å². The van der Waals surface area contributed by atoms with E-state index in [-0.39, 0.29) is 18.0 Å². The summed E-state index contributed by atoms with van der Waals surface area (Å²) in [6.07, 6.45) is 2.94. The molecule has 0 amide bonds. The van der Waals surface area contributed by atoms with E-state index >= 15 is 0 Å². The molecular formula is C13H17F2N. The van der Waals surface area contributed by atoms with Gasteiger partial charge in [0.25, 0.3) is 5.92 Å². The Balaban J connectivity index is 2.01. The van der Waals surface area contributed by atoms with Gasteiger partial charge >= 0.3 is 0 Å². The molecule has 1 aliphatic heterocycles. The Morgan fingerprint density at radius 2 is 1.94 bits per heavy atom. The van der Waals surface area contributed by atoms with Gasteiger partial charge in [-0.2, -0.15) is 0 Å². The summed E-state index contributed by atoms with van der Waals surface area (Å²) in [6, 6.07) is 8.06. The fraction of sp³-hybridized carbons (Fsp3) is 0.538. The molecule has 1 aliphatic rings. The van der Waals surface area contributed by atoms with Crippen LogP contribution in [0.5, 0.6) is 0 Å². The quantitative estimate of drug-likeness (QED) is 0.832. The number of rotatable bonds is 3. The van der Waals surface area contributed by atoms with Crippen LogP contribution in [0, 0.1) is 0 Å². The van der Waals surface area contributed by atoms with E-state index in [1.807, 2.05) is 0 Å². The molecule has 0 aliphatic carbocycles. The van der Waals surface area contributed by atoms with Crippen molar-refractivity contribution in [1.82, 2.24) is 5.32 Å². The SMILES string of the molecule is FC(F)(CC1CCCCN1)c1ccccc1. The topological polar surface area (TPSA) is 12.0 Å². The van der Waals surface area contributed by atoms with E-state index in [0.29, 0.717) is 0 Å². The second kappa shape index (κ2) is 4.91. The second-order valence-corrected chi connectivity index (χ2v) is 4.42. The summed E-state index contributed by atoms with van der Waals surface area (Å²) in [4.78, 5) is 0. The van der Waals surface area contributed by atoms with Crippen LogP contribution in [-0.2, 0) is 5.92 Å². The Morgan fingerprint density at radius 1 is 1.19 bits per heavy atom. The van der Waals surface area contributed by atoms with Crippen molar-refractivity contribution in [3.63, 3.8) is 0 Å². The maximum atomic E-state index is 13.9. The van der Waals surface area contributed by atoms with Crippen LogP contribution in [0.25, 0.3) is 0 Å². The van der Waals surface area contributed by atoms with Gasteiger partial charge in [0.15, 0.2) is 0 Å². The molecule has 0 spiro atoms. The van der Waals surface area contributed by atoms with E-state index in [9.17, 15) is 8.78 Å². The molecule has 1 nitrogen and oxygen atoms in total. The summed E-state index contributed by atoms with van der Waals surface area (Å²) in [7, 11) is 0. The van der Waals surface area contributed by atoms with Crippen molar-refractivity contribution in [2.24, 2.45) is 0 Å². The first kappa shape index (κ1) is 11.5. The number of nitrogens with one attached hydrogen (secondary N) is 1. The first-order valence-electron chi connectivity index (χ1n) is 5.85. The number of alkyl halides is 2. The Bertz CT molecular complexity index is 318. The summed E-state index contributed by atoms with van der Waals surface area (Å²) in [5.41, 5.74) is 0.127. The molecule has 0 bridgehead atoms. The zero-order valence-electron chi connectivity index (χ0n) is 9.26. The van der Waals surface area contributed by atoms with E-state index in [4.69, 9.17) is 0 Å². The fourth-order valence-corrected chi connectivity index (χ4v) is 2.21. The van der Waals surface area contributed by atoms with Crippen LogP contribution in [0.4, 0.5) is 8.78 Å². The highest BCUT2D eigenvalue weighted by Gasteiger charge is 2.34. The van der Waals surface area contributed by atoms with Crippen LogP contribution in [0.1, 0.15) is 31.2 Å². The molecule has 1 aromatic rings. The highest BCUT2D eigenvalue weighted by Crippen LogP contribution is 2.34. The zero-order valence-corrected chi connectivity index (χ0v) is 9.26. The predicted molar refractivity (Wildman–Crippen MR) is 60.6 cm³/mol. The maximum absolute atomic E-state index is 13.9. The van der Waals surface area contributed by atoms with Crippen LogP contribution in [0.15, 0.2) is 30.3 Å². The molecule has 1 atom stereocenters. The number of hydrogen-bond donors (Lipinski definition) is 1. The molecule has 1 saturated heterocycles. The van der Waals surface area contributed by atoms with Crippen LogP contribution in [0.3, 0.4) is 0 Å². The zero-order chi connectivity index (χ0) is 11.4. The molecule has 2 rings (SSSR count). The van der Waals surface area contributed by atoms with Crippen LogP contribution in [0.2, 0.25) is 0 Å². The van der Waals surface area contributed by atoms with Crippen molar-refractivity contribution in [3.8, 4) is 0 Å². The van der Waals surface area contributed by atoms with Crippen molar-refractivity contribution in [3.05, 3.63) is 35.9 Å². The Labute approximate surface area is 94.9 Å². The smallest absolute Gasteiger partial charge is 0.274 e. The molecule has 16 heavy (non-hydrogen) atoms. The number of hydrogen-bond acceptors (Lipinski definition) is 1. The maximum Gasteiger partial charge on any atom is 0.274 e. The number of piperidine rings is 1. The Hall–Kier alpha value is -0.960. The molecule has 1 unspecified atom stereocenters. The standard InChI is InChI=1S/C13H17F2N/c14-13(15,11-6-2-1-3-7-11)10-12-8-4-5-9-16-12/h1-3,6-7,12,16H,4-5,8-10H2.